The Morgan fingerprint density at radius 2 is 2.05 bits per heavy atom. The minimum absolute atomic E-state index is 0.0247. The van der Waals surface area contributed by atoms with E-state index < -0.39 is 21.5 Å². The fraction of sp³-hybridized carbons (Fsp3) is 0.417. The zero-order chi connectivity index (χ0) is 14.6. The molecule has 0 bridgehead atoms. The Bertz CT molecular complexity index is 550. The van der Waals surface area contributed by atoms with Gasteiger partial charge in [-0.05, 0) is 18.1 Å². The fourth-order valence-electron chi connectivity index (χ4n) is 1.47. The van der Waals surface area contributed by atoms with Crippen LogP contribution in [0.3, 0.4) is 0 Å². The van der Waals surface area contributed by atoms with Gasteiger partial charge in [-0.3, -0.25) is 4.79 Å². The van der Waals surface area contributed by atoms with E-state index in [9.17, 15) is 13.2 Å². The van der Waals surface area contributed by atoms with Crippen molar-refractivity contribution in [1.29, 1.82) is 0 Å². The van der Waals surface area contributed by atoms with Crippen molar-refractivity contribution in [1.82, 2.24) is 5.32 Å². The Morgan fingerprint density at radius 3 is 2.58 bits per heavy atom. The summed E-state index contributed by atoms with van der Waals surface area (Å²) >= 11 is 5.83. The standard InChI is InChI=1S/C12H17ClN2O3S/c1-8(2)6-15-11(16)7-19(17,18)12-9(13)4-3-5-10(12)14/h3-5,8H,6-7,14H2,1-2H3,(H,15,16). The van der Waals surface area contributed by atoms with Gasteiger partial charge in [0.15, 0.2) is 9.84 Å². The molecular weight excluding hydrogens is 288 g/mol. The van der Waals surface area contributed by atoms with E-state index in [0.29, 0.717) is 6.54 Å². The van der Waals surface area contributed by atoms with E-state index in [0.717, 1.165) is 0 Å². The van der Waals surface area contributed by atoms with Crippen LogP contribution < -0.4 is 11.1 Å². The molecule has 1 aromatic carbocycles. The van der Waals surface area contributed by atoms with Gasteiger partial charge in [-0.25, -0.2) is 8.42 Å². The molecular formula is C12H17ClN2O3S. The maximum Gasteiger partial charge on any atom is 0.235 e. The van der Waals surface area contributed by atoms with Crippen LogP contribution in [0.25, 0.3) is 0 Å². The number of halogens is 1. The molecule has 0 atom stereocenters. The third-order valence-corrected chi connectivity index (χ3v) is 4.48. The maximum absolute atomic E-state index is 12.1. The molecule has 0 saturated carbocycles. The van der Waals surface area contributed by atoms with Crippen molar-refractivity contribution in [2.75, 3.05) is 18.0 Å². The third kappa shape index (κ3) is 4.40. The Balaban J connectivity index is 2.90. The van der Waals surface area contributed by atoms with Crippen molar-refractivity contribution >= 4 is 33.0 Å². The quantitative estimate of drug-likeness (QED) is 0.806. The van der Waals surface area contributed by atoms with Crippen molar-refractivity contribution in [2.24, 2.45) is 5.92 Å². The van der Waals surface area contributed by atoms with E-state index in [1.165, 1.54) is 12.1 Å². The van der Waals surface area contributed by atoms with Crippen molar-refractivity contribution in [3.05, 3.63) is 23.2 Å². The third-order valence-electron chi connectivity index (χ3n) is 2.34. The molecule has 0 radical (unpaired) electrons. The van der Waals surface area contributed by atoms with Crippen molar-refractivity contribution < 1.29 is 13.2 Å². The molecule has 0 unspecified atom stereocenters. The summed E-state index contributed by atoms with van der Waals surface area (Å²) in [6.07, 6.45) is 0. The SMILES string of the molecule is CC(C)CNC(=O)CS(=O)(=O)c1c(N)cccc1Cl. The van der Waals surface area contributed by atoms with Crippen LogP contribution in [0.4, 0.5) is 5.69 Å². The van der Waals surface area contributed by atoms with Crippen LogP contribution in [0.15, 0.2) is 23.1 Å². The van der Waals surface area contributed by atoms with Crippen molar-refractivity contribution in [3.8, 4) is 0 Å². The maximum atomic E-state index is 12.1. The van der Waals surface area contributed by atoms with Gasteiger partial charge in [0.1, 0.15) is 10.6 Å². The lowest BCUT2D eigenvalue weighted by molar-refractivity contribution is -0.118. The first kappa shape index (κ1) is 15.8. The molecule has 1 amide bonds. The van der Waals surface area contributed by atoms with E-state index >= 15 is 0 Å². The second-order valence-electron chi connectivity index (χ2n) is 4.62. The summed E-state index contributed by atoms with van der Waals surface area (Å²) in [5.74, 6) is -0.974. The van der Waals surface area contributed by atoms with E-state index in [-0.39, 0.29) is 21.5 Å². The lowest BCUT2D eigenvalue weighted by atomic mass is 10.2. The highest BCUT2D eigenvalue weighted by atomic mass is 35.5. The summed E-state index contributed by atoms with van der Waals surface area (Å²) in [6.45, 7) is 4.26. The van der Waals surface area contributed by atoms with E-state index in [4.69, 9.17) is 17.3 Å². The summed E-state index contributed by atoms with van der Waals surface area (Å²) in [6, 6.07) is 4.41. The second kappa shape index (κ2) is 6.25. The number of carbonyl (C=O) groups excluding carboxylic acids is 1. The van der Waals surface area contributed by atoms with Crippen LogP contribution in [-0.4, -0.2) is 26.6 Å². The predicted molar refractivity (Wildman–Crippen MR) is 75.8 cm³/mol. The van der Waals surface area contributed by atoms with E-state index in [2.05, 4.69) is 5.32 Å². The minimum Gasteiger partial charge on any atom is -0.398 e. The number of carbonyl (C=O) groups is 1. The number of sulfone groups is 1. The fourth-order valence-corrected chi connectivity index (χ4v) is 3.39. The molecule has 0 aliphatic carbocycles. The molecule has 0 fully saturated rings. The predicted octanol–water partition coefficient (Wildman–Crippen LogP) is 1.47. The molecule has 0 aliphatic rings. The van der Waals surface area contributed by atoms with Crippen LogP contribution >= 0.6 is 11.6 Å². The molecule has 3 N–H and O–H groups in total. The molecule has 1 aromatic rings. The van der Waals surface area contributed by atoms with Crippen molar-refractivity contribution in [2.45, 2.75) is 18.7 Å². The molecule has 19 heavy (non-hydrogen) atoms. The Morgan fingerprint density at radius 1 is 1.42 bits per heavy atom. The minimum atomic E-state index is -3.84. The molecule has 0 spiro atoms. The number of amides is 1. The van der Waals surface area contributed by atoms with Crippen LogP contribution in [0.1, 0.15) is 13.8 Å². The molecule has 106 valence electrons. The van der Waals surface area contributed by atoms with Gasteiger partial charge in [-0.2, -0.15) is 0 Å². The Kier molecular flexibility index (Phi) is 5.20. The average molecular weight is 305 g/mol. The first-order valence-corrected chi connectivity index (χ1v) is 7.80. The number of rotatable bonds is 5. The highest BCUT2D eigenvalue weighted by Gasteiger charge is 2.24. The summed E-state index contributed by atoms with van der Waals surface area (Å²) in [5, 5.41) is 2.57. The van der Waals surface area contributed by atoms with Gasteiger partial charge in [0.25, 0.3) is 0 Å². The Labute approximate surface area is 118 Å². The van der Waals surface area contributed by atoms with Gasteiger partial charge >= 0.3 is 0 Å². The number of nitrogen functional groups attached to an aromatic ring is 1. The monoisotopic (exact) mass is 304 g/mol. The van der Waals surface area contributed by atoms with Gasteiger partial charge in [0.05, 0.1) is 10.7 Å². The van der Waals surface area contributed by atoms with Crippen LogP contribution in [-0.2, 0) is 14.6 Å². The summed E-state index contributed by atoms with van der Waals surface area (Å²) in [4.78, 5) is 11.4. The number of hydrogen-bond acceptors (Lipinski definition) is 4. The lowest BCUT2D eigenvalue weighted by Gasteiger charge is -2.10. The molecule has 1 rings (SSSR count). The summed E-state index contributed by atoms with van der Waals surface area (Å²) in [7, 11) is -3.84. The molecule has 7 heteroatoms. The first-order valence-electron chi connectivity index (χ1n) is 5.77. The first-order chi connectivity index (χ1) is 8.74. The van der Waals surface area contributed by atoms with E-state index in [1.54, 1.807) is 6.07 Å². The Hall–Kier alpha value is -1.27. The molecule has 0 aliphatic heterocycles. The summed E-state index contributed by atoms with van der Waals surface area (Å²) < 4.78 is 24.2. The largest absolute Gasteiger partial charge is 0.398 e. The van der Waals surface area contributed by atoms with Gasteiger partial charge < -0.3 is 11.1 Å². The topological polar surface area (TPSA) is 89.3 Å². The number of anilines is 1. The second-order valence-corrected chi connectivity index (χ2v) is 6.95. The number of nitrogens with two attached hydrogens (primary N) is 1. The number of nitrogens with one attached hydrogen (secondary N) is 1. The highest BCUT2D eigenvalue weighted by molar-refractivity contribution is 7.92. The van der Waals surface area contributed by atoms with Crippen LogP contribution in [0, 0.1) is 5.92 Å². The molecule has 0 aromatic heterocycles. The average Bonchev–Trinajstić information content (AvgIpc) is 2.25. The van der Waals surface area contributed by atoms with Gasteiger partial charge in [0, 0.05) is 6.54 Å². The molecule has 0 saturated heterocycles. The number of benzene rings is 1. The van der Waals surface area contributed by atoms with E-state index in [1.807, 2.05) is 13.8 Å². The van der Waals surface area contributed by atoms with Gasteiger partial charge in [-0.15, -0.1) is 0 Å². The van der Waals surface area contributed by atoms with Crippen molar-refractivity contribution in [3.63, 3.8) is 0 Å². The van der Waals surface area contributed by atoms with Gasteiger partial charge in [-0.1, -0.05) is 31.5 Å². The molecule has 5 nitrogen and oxygen atoms in total. The number of hydrogen-bond donors (Lipinski definition) is 2. The normalized spacial score (nSPS) is 11.6. The highest BCUT2D eigenvalue weighted by Crippen LogP contribution is 2.27. The smallest absolute Gasteiger partial charge is 0.235 e. The zero-order valence-electron chi connectivity index (χ0n) is 10.8. The lowest BCUT2D eigenvalue weighted by Crippen LogP contribution is -2.33. The van der Waals surface area contributed by atoms with Gasteiger partial charge in [0.2, 0.25) is 5.91 Å². The molecule has 0 heterocycles. The summed E-state index contributed by atoms with van der Waals surface area (Å²) in [5.41, 5.74) is 5.66. The van der Waals surface area contributed by atoms with Crippen LogP contribution in [0.2, 0.25) is 5.02 Å². The zero-order valence-corrected chi connectivity index (χ0v) is 12.4. The van der Waals surface area contributed by atoms with Crippen LogP contribution in [0.5, 0.6) is 0 Å².